The summed E-state index contributed by atoms with van der Waals surface area (Å²) < 4.78 is 4.75. The third-order valence-electron chi connectivity index (χ3n) is 4.21. The molecule has 4 aromatic rings. The first kappa shape index (κ1) is 16.9. The van der Waals surface area contributed by atoms with Crippen LogP contribution in [0.4, 0.5) is 5.82 Å². The first-order valence-electron chi connectivity index (χ1n) is 8.73. The van der Waals surface area contributed by atoms with Crippen molar-refractivity contribution in [2.24, 2.45) is 0 Å². The Morgan fingerprint density at radius 1 is 1.07 bits per heavy atom. The van der Waals surface area contributed by atoms with Crippen molar-refractivity contribution in [3.63, 3.8) is 0 Å². The van der Waals surface area contributed by atoms with Crippen LogP contribution in [-0.4, -0.2) is 31.8 Å². The molecule has 0 bridgehead atoms. The van der Waals surface area contributed by atoms with Crippen LogP contribution in [0.1, 0.15) is 18.2 Å². The third-order valence-corrected chi connectivity index (χ3v) is 4.21. The van der Waals surface area contributed by atoms with E-state index in [-0.39, 0.29) is 5.56 Å². The Kier molecular flexibility index (Phi) is 4.61. The van der Waals surface area contributed by atoms with Gasteiger partial charge in [-0.05, 0) is 53.0 Å². The summed E-state index contributed by atoms with van der Waals surface area (Å²) in [4.78, 5) is 23.2. The van der Waals surface area contributed by atoms with Crippen molar-refractivity contribution in [2.45, 2.75) is 19.8 Å². The predicted octanol–water partition coefficient (Wildman–Crippen LogP) is 2.59. The second kappa shape index (κ2) is 7.36. The number of benzene rings is 1. The highest BCUT2D eigenvalue weighted by atomic mass is 16.6. The molecule has 0 amide bonds. The molecule has 8 nitrogen and oxygen atoms in total. The van der Waals surface area contributed by atoms with Gasteiger partial charge in [-0.2, -0.15) is 0 Å². The molecule has 0 spiro atoms. The highest BCUT2D eigenvalue weighted by molar-refractivity contribution is 5.79. The quantitative estimate of drug-likeness (QED) is 0.542. The van der Waals surface area contributed by atoms with Gasteiger partial charge in [0.05, 0.1) is 0 Å². The Morgan fingerprint density at radius 2 is 1.96 bits per heavy atom. The van der Waals surface area contributed by atoms with Crippen molar-refractivity contribution in [2.75, 3.05) is 11.9 Å². The van der Waals surface area contributed by atoms with Crippen LogP contribution < -0.4 is 10.9 Å². The van der Waals surface area contributed by atoms with E-state index in [1.807, 2.05) is 30.3 Å². The van der Waals surface area contributed by atoms with Gasteiger partial charge in [0.15, 0.2) is 5.82 Å². The maximum atomic E-state index is 11.4. The number of pyridine rings is 1. The number of nitrogens with zero attached hydrogens (tertiary/aromatic N) is 4. The molecule has 0 unspecified atom stereocenters. The van der Waals surface area contributed by atoms with Crippen LogP contribution in [0.25, 0.3) is 22.4 Å². The van der Waals surface area contributed by atoms with E-state index in [0.29, 0.717) is 23.4 Å². The zero-order chi connectivity index (χ0) is 18.6. The Bertz CT molecular complexity index is 1130. The molecule has 0 saturated carbocycles. The summed E-state index contributed by atoms with van der Waals surface area (Å²) in [7, 11) is 0. The average molecular weight is 362 g/mol. The van der Waals surface area contributed by atoms with Crippen LogP contribution in [0.15, 0.2) is 52.0 Å². The van der Waals surface area contributed by atoms with Crippen LogP contribution >= 0.6 is 0 Å². The molecular weight excluding hydrogens is 344 g/mol. The number of aromatic nitrogens is 5. The molecule has 8 heteroatoms. The van der Waals surface area contributed by atoms with E-state index in [2.05, 4.69) is 37.5 Å². The number of nitrogens with one attached hydrogen (secondary N) is 2. The van der Waals surface area contributed by atoms with Gasteiger partial charge in [-0.3, -0.25) is 4.79 Å². The number of anilines is 1. The zero-order valence-electron chi connectivity index (χ0n) is 14.8. The van der Waals surface area contributed by atoms with Crippen LogP contribution in [0.5, 0.6) is 0 Å². The minimum absolute atomic E-state index is 0.0946. The lowest BCUT2D eigenvalue weighted by atomic mass is 10.1. The van der Waals surface area contributed by atoms with E-state index < -0.39 is 0 Å². The molecule has 0 atom stereocenters. The number of H-pyrrole nitrogens is 1. The number of hydrogen-bond donors (Lipinski definition) is 2. The molecule has 27 heavy (non-hydrogen) atoms. The van der Waals surface area contributed by atoms with Crippen molar-refractivity contribution < 1.29 is 4.63 Å². The second-order valence-corrected chi connectivity index (χ2v) is 6.13. The van der Waals surface area contributed by atoms with Crippen molar-refractivity contribution in [3.05, 3.63) is 64.2 Å². The summed E-state index contributed by atoms with van der Waals surface area (Å²) in [5.41, 5.74) is 4.04. The number of aryl methyl sites for hydroxylation is 1. The number of rotatable bonds is 6. The summed E-state index contributed by atoms with van der Waals surface area (Å²) in [6.45, 7) is 2.71. The Balaban J connectivity index is 1.55. The fourth-order valence-electron chi connectivity index (χ4n) is 2.80. The fraction of sp³-hybridized carbons (Fsp3) is 0.211. The Labute approximate surface area is 154 Å². The normalized spacial score (nSPS) is 11.0. The van der Waals surface area contributed by atoms with Gasteiger partial charge < -0.3 is 10.3 Å². The maximum absolute atomic E-state index is 11.4. The van der Waals surface area contributed by atoms with Crippen molar-refractivity contribution in [3.8, 4) is 11.4 Å². The standard InChI is InChI=1S/C19H18N6O2/c1-2-14-11-17(20-7-5-12-6-8-21-18(26)9-12)23-19(22-14)13-3-4-15-16(10-13)25-27-24-15/h3-4,6,8-11H,2,5,7H2,1H3,(H,21,26)(H,20,22,23). The zero-order valence-corrected chi connectivity index (χ0v) is 14.8. The molecule has 136 valence electrons. The third kappa shape index (κ3) is 3.84. The van der Waals surface area contributed by atoms with E-state index >= 15 is 0 Å². The number of fused-ring (bicyclic) bond motifs is 1. The summed E-state index contributed by atoms with van der Waals surface area (Å²) in [6.07, 6.45) is 3.18. The maximum Gasteiger partial charge on any atom is 0.248 e. The first-order chi connectivity index (χ1) is 13.2. The van der Waals surface area contributed by atoms with Gasteiger partial charge in [0.2, 0.25) is 5.56 Å². The molecule has 0 fully saturated rings. The number of aromatic amines is 1. The molecule has 1 aromatic carbocycles. The average Bonchev–Trinajstić information content (AvgIpc) is 3.15. The first-order valence-corrected chi connectivity index (χ1v) is 8.73. The Hall–Kier alpha value is -3.55. The van der Waals surface area contributed by atoms with E-state index in [9.17, 15) is 4.79 Å². The molecule has 0 saturated heterocycles. The van der Waals surface area contributed by atoms with E-state index in [1.165, 1.54) is 0 Å². The van der Waals surface area contributed by atoms with Gasteiger partial charge >= 0.3 is 0 Å². The monoisotopic (exact) mass is 362 g/mol. The minimum atomic E-state index is -0.0946. The van der Waals surface area contributed by atoms with E-state index in [4.69, 9.17) is 4.63 Å². The van der Waals surface area contributed by atoms with Crippen molar-refractivity contribution in [1.29, 1.82) is 0 Å². The smallest absolute Gasteiger partial charge is 0.248 e. The Morgan fingerprint density at radius 3 is 2.81 bits per heavy atom. The lowest BCUT2D eigenvalue weighted by Crippen LogP contribution is -2.10. The molecule has 4 rings (SSSR count). The topological polar surface area (TPSA) is 110 Å². The van der Waals surface area contributed by atoms with Gasteiger partial charge in [0.1, 0.15) is 16.9 Å². The van der Waals surface area contributed by atoms with Crippen molar-refractivity contribution in [1.82, 2.24) is 25.3 Å². The predicted molar refractivity (Wildman–Crippen MR) is 101 cm³/mol. The minimum Gasteiger partial charge on any atom is -0.370 e. The summed E-state index contributed by atoms with van der Waals surface area (Å²) in [6, 6.07) is 11.0. The molecule has 0 aliphatic carbocycles. The summed E-state index contributed by atoms with van der Waals surface area (Å²) >= 11 is 0. The molecule has 2 N–H and O–H groups in total. The van der Waals surface area contributed by atoms with E-state index in [1.54, 1.807) is 12.3 Å². The molecular formula is C19H18N6O2. The summed E-state index contributed by atoms with van der Waals surface area (Å²) in [5, 5.41) is 11.0. The highest BCUT2D eigenvalue weighted by Gasteiger charge is 2.09. The number of hydrogen-bond acceptors (Lipinski definition) is 7. The van der Waals surface area contributed by atoms with Crippen LogP contribution in [0.2, 0.25) is 0 Å². The molecule has 0 aliphatic rings. The molecule has 0 aliphatic heterocycles. The fourth-order valence-corrected chi connectivity index (χ4v) is 2.80. The van der Waals surface area contributed by atoms with Gasteiger partial charge in [-0.15, -0.1) is 0 Å². The van der Waals surface area contributed by atoms with Crippen LogP contribution in [0, 0.1) is 0 Å². The van der Waals surface area contributed by atoms with E-state index in [0.717, 1.165) is 35.5 Å². The van der Waals surface area contributed by atoms with Crippen molar-refractivity contribution >= 4 is 16.9 Å². The van der Waals surface area contributed by atoms with Gasteiger partial charge in [-0.25, -0.2) is 14.6 Å². The largest absolute Gasteiger partial charge is 0.370 e. The van der Waals surface area contributed by atoms with Crippen LogP contribution in [-0.2, 0) is 12.8 Å². The van der Waals surface area contributed by atoms with Crippen LogP contribution in [0.3, 0.4) is 0 Å². The lowest BCUT2D eigenvalue weighted by Gasteiger charge is -2.09. The highest BCUT2D eigenvalue weighted by Crippen LogP contribution is 2.22. The molecule has 3 aromatic heterocycles. The molecule has 0 radical (unpaired) electrons. The van der Waals surface area contributed by atoms with Gasteiger partial charge in [0, 0.05) is 36.1 Å². The SMILES string of the molecule is CCc1cc(NCCc2cc[nH]c(=O)c2)nc(-c2ccc3nonc3c2)n1. The summed E-state index contributed by atoms with van der Waals surface area (Å²) in [5.74, 6) is 1.37. The lowest BCUT2D eigenvalue weighted by molar-refractivity contribution is 0.315. The van der Waals surface area contributed by atoms with Gasteiger partial charge in [-0.1, -0.05) is 6.92 Å². The molecule has 3 heterocycles. The van der Waals surface area contributed by atoms with Gasteiger partial charge in [0.25, 0.3) is 0 Å². The second-order valence-electron chi connectivity index (χ2n) is 6.13.